The van der Waals surface area contributed by atoms with Gasteiger partial charge in [-0.3, -0.25) is 0 Å². The molecule has 3 N–H and O–H groups in total. The van der Waals surface area contributed by atoms with Crippen LogP contribution in [0.3, 0.4) is 0 Å². The molecule has 0 aliphatic rings. The van der Waals surface area contributed by atoms with E-state index < -0.39 is 12.1 Å². The van der Waals surface area contributed by atoms with Gasteiger partial charge in [-0.15, -0.1) is 0 Å². The Hall–Kier alpha value is -2.37. The van der Waals surface area contributed by atoms with Crippen LogP contribution in [0, 0.1) is 0 Å². The number of rotatable bonds is 8. The summed E-state index contributed by atoms with van der Waals surface area (Å²) in [6.07, 6.45) is -0.494. The lowest BCUT2D eigenvalue weighted by molar-refractivity contribution is 0.0697. The summed E-state index contributed by atoms with van der Waals surface area (Å²) in [4.78, 5) is 10.8. The van der Waals surface area contributed by atoms with Crippen LogP contribution in [0.5, 0.6) is 5.75 Å². The Balaban J connectivity index is 1.82. The zero-order chi connectivity index (χ0) is 17.5. The van der Waals surface area contributed by atoms with Crippen LogP contribution in [0.2, 0.25) is 0 Å². The minimum Gasteiger partial charge on any atom is -0.491 e. The predicted molar refractivity (Wildman–Crippen MR) is 92.3 cm³/mol. The molecule has 0 fully saturated rings. The first-order chi connectivity index (χ1) is 11.5. The molecule has 24 heavy (non-hydrogen) atoms. The fourth-order valence-corrected chi connectivity index (χ4v) is 2.28. The molecule has 2 aromatic carbocycles. The lowest BCUT2D eigenvalue weighted by atomic mass is 10.1. The minimum atomic E-state index is -0.935. The van der Waals surface area contributed by atoms with E-state index >= 15 is 0 Å². The van der Waals surface area contributed by atoms with E-state index in [0.29, 0.717) is 13.1 Å². The van der Waals surface area contributed by atoms with Crippen LogP contribution in [0.25, 0.3) is 0 Å². The first-order valence-electron chi connectivity index (χ1n) is 7.93. The van der Waals surface area contributed by atoms with Crippen molar-refractivity contribution in [3.63, 3.8) is 0 Å². The van der Waals surface area contributed by atoms with Crippen molar-refractivity contribution in [3.05, 3.63) is 65.2 Å². The Labute approximate surface area is 141 Å². The monoisotopic (exact) mass is 329 g/mol. The fraction of sp³-hybridized carbons (Fsp3) is 0.316. The number of nitrogens with one attached hydrogen (secondary N) is 1. The van der Waals surface area contributed by atoms with E-state index in [1.165, 1.54) is 0 Å². The molecule has 5 heteroatoms. The highest BCUT2D eigenvalue weighted by atomic mass is 16.5. The molecule has 0 bridgehead atoms. The molecule has 0 amide bonds. The molecule has 0 aliphatic carbocycles. The molecular weight excluding hydrogens is 306 g/mol. The van der Waals surface area contributed by atoms with E-state index in [4.69, 9.17) is 9.84 Å². The second kappa shape index (κ2) is 8.47. The topological polar surface area (TPSA) is 78.8 Å². The van der Waals surface area contributed by atoms with Crippen LogP contribution in [-0.2, 0) is 6.54 Å². The molecule has 1 atom stereocenters. The Morgan fingerprint density at radius 2 is 1.71 bits per heavy atom. The zero-order valence-electron chi connectivity index (χ0n) is 13.9. The molecule has 2 rings (SSSR count). The van der Waals surface area contributed by atoms with Crippen molar-refractivity contribution < 1.29 is 19.7 Å². The third-order valence-electron chi connectivity index (χ3n) is 3.50. The SMILES string of the molecule is CC(C)Oc1ccc(C(O)CNCc2ccc(C(=O)O)cc2)cc1. The Bertz CT molecular complexity index is 650. The van der Waals surface area contributed by atoms with Crippen molar-refractivity contribution in [3.8, 4) is 5.75 Å². The molecule has 0 spiro atoms. The molecule has 5 nitrogen and oxygen atoms in total. The Kier molecular flexibility index (Phi) is 6.35. The van der Waals surface area contributed by atoms with Crippen molar-refractivity contribution in [2.24, 2.45) is 0 Å². The second-order valence-electron chi connectivity index (χ2n) is 5.88. The van der Waals surface area contributed by atoms with E-state index in [2.05, 4.69) is 5.32 Å². The predicted octanol–water partition coefficient (Wildman–Crippen LogP) is 3.00. The van der Waals surface area contributed by atoms with Crippen molar-refractivity contribution >= 4 is 5.97 Å². The smallest absolute Gasteiger partial charge is 0.335 e. The van der Waals surface area contributed by atoms with Crippen molar-refractivity contribution in [1.29, 1.82) is 0 Å². The summed E-state index contributed by atoms with van der Waals surface area (Å²) in [7, 11) is 0. The normalized spacial score (nSPS) is 12.2. The van der Waals surface area contributed by atoms with Crippen LogP contribution in [0.1, 0.15) is 41.4 Å². The summed E-state index contributed by atoms with van der Waals surface area (Å²) in [6.45, 7) is 4.90. The number of carbonyl (C=O) groups is 1. The summed E-state index contributed by atoms with van der Waals surface area (Å²) >= 11 is 0. The summed E-state index contributed by atoms with van der Waals surface area (Å²) in [5.41, 5.74) is 2.05. The second-order valence-corrected chi connectivity index (χ2v) is 5.88. The fourth-order valence-electron chi connectivity index (χ4n) is 2.28. The summed E-state index contributed by atoms with van der Waals surface area (Å²) in [6, 6.07) is 14.1. The van der Waals surface area contributed by atoms with Crippen LogP contribution in [0.15, 0.2) is 48.5 Å². The van der Waals surface area contributed by atoms with Gasteiger partial charge in [-0.1, -0.05) is 24.3 Å². The Morgan fingerprint density at radius 1 is 1.08 bits per heavy atom. The maximum Gasteiger partial charge on any atom is 0.335 e. The zero-order valence-corrected chi connectivity index (χ0v) is 13.9. The molecule has 0 radical (unpaired) electrons. The molecule has 0 aromatic heterocycles. The van der Waals surface area contributed by atoms with Gasteiger partial charge in [0.2, 0.25) is 0 Å². The highest BCUT2D eigenvalue weighted by molar-refractivity contribution is 5.87. The maximum atomic E-state index is 10.8. The van der Waals surface area contributed by atoms with E-state index in [9.17, 15) is 9.90 Å². The summed E-state index contributed by atoms with van der Waals surface area (Å²) in [5.74, 6) is -0.151. The van der Waals surface area contributed by atoms with Crippen LogP contribution < -0.4 is 10.1 Å². The average Bonchev–Trinajstić information content (AvgIpc) is 2.55. The Morgan fingerprint density at radius 3 is 2.25 bits per heavy atom. The highest BCUT2D eigenvalue weighted by Crippen LogP contribution is 2.18. The van der Waals surface area contributed by atoms with Gasteiger partial charge in [-0.25, -0.2) is 4.79 Å². The van der Waals surface area contributed by atoms with Gasteiger partial charge < -0.3 is 20.3 Å². The molecule has 1 unspecified atom stereocenters. The number of carboxylic acid groups (broad SMARTS) is 1. The highest BCUT2D eigenvalue weighted by Gasteiger charge is 2.08. The van der Waals surface area contributed by atoms with Crippen LogP contribution in [0.4, 0.5) is 0 Å². The van der Waals surface area contributed by atoms with E-state index in [1.807, 2.05) is 38.1 Å². The number of hydrogen-bond donors (Lipinski definition) is 3. The standard InChI is InChI=1S/C19H23NO4/c1-13(2)24-17-9-7-15(8-10-17)18(21)12-20-11-14-3-5-16(6-4-14)19(22)23/h3-10,13,18,20-21H,11-12H2,1-2H3,(H,22,23). The maximum absolute atomic E-state index is 10.8. The minimum absolute atomic E-state index is 0.120. The first kappa shape index (κ1) is 18.0. The quantitative estimate of drug-likeness (QED) is 0.694. The van der Waals surface area contributed by atoms with Gasteiger partial charge in [0, 0.05) is 13.1 Å². The lowest BCUT2D eigenvalue weighted by Gasteiger charge is -2.14. The van der Waals surface area contributed by atoms with Crippen molar-refractivity contribution in [2.75, 3.05) is 6.54 Å². The van der Waals surface area contributed by atoms with E-state index in [-0.39, 0.29) is 11.7 Å². The number of carboxylic acids is 1. The van der Waals surface area contributed by atoms with Gasteiger partial charge >= 0.3 is 5.97 Å². The molecule has 0 saturated heterocycles. The van der Waals surface area contributed by atoms with Gasteiger partial charge in [-0.05, 0) is 49.2 Å². The lowest BCUT2D eigenvalue weighted by Crippen LogP contribution is -2.21. The van der Waals surface area contributed by atoms with Gasteiger partial charge in [0.15, 0.2) is 0 Å². The molecule has 128 valence electrons. The molecule has 0 heterocycles. The molecule has 2 aromatic rings. The van der Waals surface area contributed by atoms with E-state index in [1.54, 1.807) is 24.3 Å². The van der Waals surface area contributed by atoms with Gasteiger partial charge in [0.1, 0.15) is 5.75 Å². The third kappa shape index (κ3) is 5.37. The van der Waals surface area contributed by atoms with Crippen molar-refractivity contribution in [1.82, 2.24) is 5.32 Å². The molecule has 0 saturated carbocycles. The van der Waals surface area contributed by atoms with Gasteiger partial charge in [0.25, 0.3) is 0 Å². The first-order valence-corrected chi connectivity index (χ1v) is 7.93. The van der Waals surface area contributed by atoms with Gasteiger partial charge in [-0.2, -0.15) is 0 Å². The summed E-state index contributed by atoms with van der Waals surface area (Å²) in [5, 5.41) is 22.2. The number of aromatic carboxylic acids is 1. The van der Waals surface area contributed by atoms with E-state index in [0.717, 1.165) is 16.9 Å². The number of ether oxygens (including phenoxy) is 1. The van der Waals surface area contributed by atoms with Crippen LogP contribution in [-0.4, -0.2) is 28.8 Å². The largest absolute Gasteiger partial charge is 0.491 e. The third-order valence-corrected chi connectivity index (χ3v) is 3.50. The number of benzene rings is 2. The van der Waals surface area contributed by atoms with Gasteiger partial charge in [0.05, 0.1) is 17.8 Å². The number of aliphatic hydroxyl groups is 1. The molecular formula is C19H23NO4. The molecule has 0 aliphatic heterocycles. The average molecular weight is 329 g/mol. The number of hydrogen-bond acceptors (Lipinski definition) is 4. The van der Waals surface area contributed by atoms with Crippen LogP contribution >= 0.6 is 0 Å². The van der Waals surface area contributed by atoms with Crippen molar-refractivity contribution in [2.45, 2.75) is 32.6 Å². The summed E-state index contributed by atoms with van der Waals surface area (Å²) < 4.78 is 5.58. The number of aliphatic hydroxyl groups excluding tert-OH is 1.